The van der Waals surface area contributed by atoms with Gasteiger partial charge in [-0.15, -0.1) is 0 Å². The van der Waals surface area contributed by atoms with Crippen LogP contribution in [0.3, 0.4) is 0 Å². The van der Waals surface area contributed by atoms with Crippen LogP contribution in [0.2, 0.25) is 0 Å². The van der Waals surface area contributed by atoms with Crippen molar-refractivity contribution >= 4 is 5.91 Å². The van der Waals surface area contributed by atoms with Gasteiger partial charge in [-0.2, -0.15) is 0 Å². The van der Waals surface area contributed by atoms with Gasteiger partial charge in [0.25, 0.3) is 5.91 Å². The van der Waals surface area contributed by atoms with Crippen molar-refractivity contribution in [3.05, 3.63) is 35.4 Å². The molecule has 2 fully saturated rings. The molecule has 8 nitrogen and oxygen atoms in total. The van der Waals surface area contributed by atoms with E-state index in [1.807, 2.05) is 56.9 Å². The minimum Gasteiger partial charge on any atom is -0.389 e. The topological polar surface area (TPSA) is 74.7 Å². The largest absolute Gasteiger partial charge is 0.389 e. The third kappa shape index (κ3) is 9.24. The van der Waals surface area contributed by atoms with Gasteiger partial charge in [0.2, 0.25) is 0 Å². The van der Waals surface area contributed by atoms with E-state index in [9.17, 15) is 9.90 Å². The molecule has 8 heteroatoms. The van der Waals surface area contributed by atoms with Gasteiger partial charge in [-0.05, 0) is 39.8 Å². The average Bonchev–Trinajstić information content (AvgIpc) is 2.81. The maximum atomic E-state index is 13.4. The molecule has 192 valence electrons. The van der Waals surface area contributed by atoms with Gasteiger partial charge in [-0.3, -0.25) is 14.6 Å². The van der Waals surface area contributed by atoms with Crippen LogP contribution in [0.4, 0.5) is 0 Å². The Hall–Kier alpha value is -1.55. The summed E-state index contributed by atoms with van der Waals surface area (Å²) in [7, 11) is 0. The van der Waals surface area contributed by atoms with Gasteiger partial charge >= 0.3 is 0 Å². The first-order valence-corrected chi connectivity index (χ1v) is 12.5. The van der Waals surface area contributed by atoms with Crippen molar-refractivity contribution in [2.24, 2.45) is 0 Å². The first-order valence-electron chi connectivity index (χ1n) is 12.5. The molecule has 1 amide bonds. The molecule has 0 unspecified atom stereocenters. The van der Waals surface area contributed by atoms with Crippen molar-refractivity contribution < 1.29 is 24.1 Å². The molecule has 34 heavy (non-hydrogen) atoms. The molecule has 3 rings (SSSR count). The van der Waals surface area contributed by atoms with Crippen LogP contribution in [0, 0.1) is 6.92 Å². The van der Waals surface area contributed by atoms with Crippen LogP contribution < -0.4 is 0 Å². The summed E-state index contributed by atoms with van der Waals surface area (Å²) in [6.45, 7) is 16.2. The number of ether oxygens (including phenoxy) is 3. The lowest BCUT2D eigenvalue weighted by atomic mass is 10.1. The monoisotopic (exact) mass is 477 g/mol. The Morgan fingerprint density at radius 2 is 1.82 bits per heavy atom. The number of hydrogen-bond donors (Lipinski definition) is 1. The molecule has 2 atom stereocenters. The molecule has 0 radical (unpaired) electrons. The number of carbonyl (C=O) groups is 1. The van der Waals surface area contributed by atoms with E-state index in [-0.39, 0.29) is 17.6 Å². The van der Waals surface area contributed by atoms with Crippen molar-refractivity contribution in [3.63, 3.8) is 0 Å². The summed E-state index contributed by atoms with van der Waals surface area (Å²) in [5, 5.41) is 10.4. The first kappa shape index (κ1) is 27.0. The quantitative estimate of drug-likeness (QED) is 0.549. The smallest absolute Gasteiger partial charge is 0.253 e. The second-order valence-electron chi connectivity index (χ2n) is 10.4. The number of morpholine rings is 2. The van der Waals surface area contributed by atoms with Crippen molar-refractivity contribution in [1.82, 2.24) is 14.7 Å². The van der Waals surface area contributed by atoms with Crippen molar-refractivity contribution in [2.75, 3.05) is 78.8 Å². The van der Waals surface area contributed by atoms with Crippen molar-refractivity contribution in [3.8, 4) is 0 Å². The molecule has 1 N–H and O–H groups in total. The number of amides is 1. The van der Waals surface area contributed by atoms with Gasteiger partial charge in [0.15, 0.2) is 0 Å². The first-order chi connectivity index (χ1) is 16.2. The molecule has 2 heterocycles. The van der Waals surface area contributed by atoms with Crippen LogP contribution in [0.25, 0.3) is 0 Å². The second kappa shape index (κ2) is 13.0. The predicted octanol–water partition coefficient (Wildman–Crippen LogP) is 1.65. The molecule has 0 bridgehead atoms. The molecule has 1 aromatic carbocycles. The average molecular weight is 478 g/mol. The molecule has 0 saturated carbocycles. The highest BCUT2D eigenvalue weighted by atomic mass is 16.5. The van der Waals surface area contributed by atoms with Crippen LogP contribution in [0.1, 0.15) is 36.7 Å². The number of hydrogen-bond acceptors (Lipinski definition) is 7. The third-order valence-corrected chi connectivity index (χ3v) is 6.20. The standard InChI is InChI=1S/C26H43N3O5/c1-21-5-7-22(8-6-21)25(31)29(10-9-27-11-14-32-15-12-27)19-24-18-28(13-16-33-24)17-23(30)20-34-26(2,3)4/h5-8,23-24,30H,9-20H2,1-4H3/t23-,24+/m0/s1. The Kier molecular flexibility index (Phi) is 10.3. The summed E-state index contributed by atoms with van der Waals surface area (Å²) in [6.07, 6.45) is -0.645. The number of aliphatic hydroxyl groups is 1. The van der Waals surface area contributed by atoms with E-state index in [0.717, 1.165) is 45.0 Å². The van der Waals surface area contributed by atoms with Gasteiger partial charge < -0.3 is 24.2 Å². The zero-order valence-electron chi connectivity index (χ0n) is 21.4. The number of aliphatic hydroxyl groups excluding tert-OH is 1. The minimum absolute atomic E-state index is 0.0348. The van der Waals surface area contributed by atoms with Gasteiger partial charge in [0.1, 0.15) is 0 Å². The summed E-state index contributed by atoms with van der Waals surface area (Å²) < 4.78 is 17.2. The zero-order chi connectivity index (χ0) is 24.6. The second-order valence-corrected chi connectivity index (χ2v) is 10.4. The van der Waals surface area contributed by atoms with Gasteiger partial charge in [0, 0.05) is 57.9 Å². The summed E-state index contributed by atoms with van der Waals surface area (Å²) in [4.78, 5) is 19.9. The maximum absolute atomic E-state index is 13.4. The van der Waals surface area contributed by atoms with Gasteiger partial charge in [0.05, 0.1) is 44.2 Å². The number of nitrogens with zero attached hydrogens (tertiary/aromatic N) is 3. The molecule has 0 aromatic heterocycles. The molecular formula is C26H43N3O5. The lowest BCUT2D eigenvalue weighted by molar-refractivity contribution is -0.0783. The predicted molar refractivity (Wildman–Crippen MR) is 132 cm³/mol. The molecule has 2 saturated heterocycles. The van der Waals surface area contributed by atoms with Crippen LogP contribution in [0.5, 0.6) is 0 Å². The third-order valence-electron chi connectivity index (χ3n) is 6.20. The molecule has 0 aliphatic carbocycles. The number of benzene rings is 1. The molecular weight excluding hydrogens is 434 g/mol. The van der Waals surface area contributed by atoms with E-state index in [4.69, 9.17) is 14.2 Å². The Balaban J connectivity index is 1.58. The fraction of sp³-hybridized carbons (Fsp3) is 0.731. The Bertz CT molecular complexity index is 746. The summed E-state index contributed by atoms with van der Waals surface area (Å²) >= 11 is 0. The van der Waals surface area contributed by atoms with Crippen molar-refractivity contribution in [1.29, 1.82) is 0 Å². The SMILES string of the molecule is Cc1ccc(C(=O)N(CCN2CCOCC2)C[C@H]2CN(C[C@H](O)COC(C)(C)C)CCO2)cc1. The normalized spacial score (nSPS) is 21.4. The van der Waals surface area contributed by atoms with E-state index in [0.29, 0.717) is 45.0 Å². The van der Waals surface area contributed by atoms with Crippen LogP contribution >= 0.6 is 0 Å². The highest BCUT2D eigenvalue weighted by molar-refractivity contribution is 5.94. The fourth-order valence-electron chi connectivity index (χ4n) is 4.24. The number of carbonyl (C=O) groups excluding carboxylic acids is 1. The summed E-state index contributed by atoms with van der Waals surface area (Å²) in [5.41, 5.74) is 1.57. The zero-order valence-corrected chi connectivity index (χ0v) is 21.4. The van der Waals surface area contributed by atoms with Crippen LogP contribution in [-0.2, 0) is 14.2 Å². The summed E-state index contributed by atoms with van der Waals surface area (Å²) in [5.74, 6) is 0.0348. The molecule has 1 aromatic rings. The van der Waals surface area contributed by atoms with Gasteiger partial charge in [-0.25, -0.2) is 0 Å². The Labute approximate surface area is 204 Å². The lowest BCUT2D eigenvalue weighted by Crippen LogP contribution is -2.52. The fourth-order valence-corrected chi connectivity index (χ4v) is 4.24. The Morgan fingerprint density at radius 1 is 1.15 bits per heavy atom. The van der Waals surface area contributed by atoms with Crippen LogP contribution in [-0.4, -0.2) is 122 Å². The maximum Gasteiger partial charge on any atom is 0.253 e. The van der Waals surface area contributed by atoms with E-state index in [1.165, 1.54) is 0 Å². The number of β-amino-alcohol motifs (C(OH)–C–C–N with tert-alkyl or cyclic N) is 1. The van der Waals surface area contributed by atoms with E-state index in [2.05, 4.69) is 9.80 Å². The lowest BCUT2D eigenvalue weighted by Gasteiger charge is -2.37. The van der Waals surface area contributed by atoms with E-state index < -0.39 is 6.10 Å². The molecule has 0 spiro atoms. The van der Waals surface area contributed by atoms with E-state index in [1.54, 1.807) is 0 Å². The Morgan fingerprint density at radius 3 is 2.50 bits per heavy atom. The van der Waals surface area contributed by atoms with Gasteiger partial charge in [-0.1, -0.05) is 17.7 Å². The summed E-state index contributed by atoms with van der Waals surface area (Å²) in [6, 6.07) is 7.76. The molecule has 2 aliphatic rings. The van der Waals surface area contributed by atoms with E-state index >= 15 is 0 Å². The van der Waals surface area contributed by atoms with Crippen molar-refractivity contribution in [2.45, 2.75) is 45.5 Å². The number of rotatable bonds is 10. The molecule has 2 aliphatic heterocycles. The number of aryl methyl sites for hydroxylation is 1. The van der Waals surface area contributed by atoms with Crippen LogP contribution in [0.15, 0.2) is 24.3 Å². The highest BCUT2D eigenvalue weighted by Gasteiger charge is 2.27. The minimum atomic E-state index is -0.551. The highest BCUT2D eigenvalue weighted by Crippen LogP contribution is 2.14.